The second-order valence-electron chi connectivity index (χ2n) is 6.39. The van der Waals surface area contributed by atoms with Gasteiger partial charge in [-0.15, -0.1) is 0 Å². The molecule has 132 valence electrons. The third-order valence-electron chi connectivity index (χ3n) is 4.50. The van der Waals surface area contributed by atoms with Crippen LogP contribution < -0.4 is 15.5 Å². The lowest BCUT2D eigenvalue weighted by Gasteiger charge is -2.17. The summed E-state index contributed by atoms with van der Waals surface area (Å²) >= 11 is 0. The number of rotatable bonds is 4. The first-order chi connectivity index (χ1) is 11.6. The first-order valence-electron chi connectivity index (χ1n) is 8.43. The van der Waals surface area contributed by atoms with E-state index in [2.05, 4.69) is 37.6 Å². The average molecular weight is 351 g/mol. The highest BCUT2D eigenvalue weighted by molar-refractivity contribution is 7.91. The van der Waals surface area contributed by atoms with E-state index in [0.717, 1.165) is 24.5 Å². The first-order valence-corrected chi connectivity index (χ1v) is 10.3. The van der Waals surface area contributed by atoms with Crippen LogP contribution in [0.3, 0.4) is 0 Å². The summed E-state index contributed by atoms with van der Waals surface area (Å²) < 4.78 is 23.0. The van der Waals surface area contributed by atoms with Gasteiger partial charge in [0, 0.05) is 38.9 Å². The minimum Gasteiger partial charge on any atom is -0.357 e. The van der Waals surface area contributed by atoms with Gasteiger partial charge in [-0.25, -0.2) is 13.4 Å². The maximum absolute atomic E-state index is 11.5. The molecule has 0 aromatic carbocycles. The molecular formula is C16H25N5O2S. The molecule has 7 nitrogen and oxygen atoms in total. The van der Waals surface area contributed by atoms with E-state index < -0.39 is 9.84 Å². The molecule has 3 heterocycles. The Bertz CT molecular complexity index is 681. The van der Waals surface area contributed by atoms with E-state index in [1.54, 1.807) is 7.05 Å². The van der Waals surface area contributed by atoms with Crippen molar-refractivity contribution >= 4 is 21.6 Å². The largest absolute Gasteiger partial charge is 0.357 e. The number of nitrogens with zero attached hydrogens (tertiary/aromatic N) is 3. The highest BCUT2D eigenvalue weighted by atomic mass is 32.2. The molecule has 0 saturated carbocycles. The van der Waals surface area contributed by atoms with E-state index in [-0.39, 0.29) is 17.5 Å². The van der Waals surface area contributed by atoms with E-state index in [4.69, 9.17) is 0 Å². The van der Waals surface area contributed by atoms with Crippen molar-refractivity contribution in [2.75, 3.05) is 36.5 Å². The third-order valence-corrected chi connectivity index (χ3v) is 6.26. The van der Waals surface area contributed by atoms with Crippen molar-refractivity contribution in [3.8, 4) is 0 Å². The van der Waals surface area contributed by atoms with E-state index in [9.17, 15) is 8.42 Å². The van der Waals surface area contributed by atoms with Crippen molar-refractivity contribution in [3.63, 3.8) is 0 Å². The molecule has 2 aliphatic heterocycles. The lowest BCUT2D eigenvalue weighted by Crippen LogP contribution is -2.43. The Balaban J connectivity index is 1.50. The zero-order valence-corrected chi connectivity index (χ0v) is 14.8. The minimum absolute atomic E-state index is 0.0585. The molecule has 0 bridgehead atoms. The first kappa shape index (κ1) is 17.0. The fourth-order valence-corrected chi connectivity index (χ4v) is 4.81. The number of aromatic nitrogens is 1. The van der Waals surface area contributed by atoms with Gasteiger partial charge in [-0.1, -0.05) is 6.07 Å². The second kappa shape index (κ2) is 7.38. The van der Waals surface area contributed by atoms with Gasteiger partial charge in [0.25, 0.3) is 0 Å². The van der Waals surface area contributed by atoms with Gasteiger partial charge in [0.05, 0.1) is 11.5 Å². The Morgan fingerprint density at radius 1 is 1.38 bits per heavy atom. The number of hydrogen-bond donors (Lipinski definition) is 2. The Morgan fingerprint density at radius 2 is 2.17 bits per heavy atom. The lowest BCUT2D eigenvalue weighted by molar-refractivity contribution is 0.599. The number of pyridine rings is 1. The molecule has 2 fully saturated rings. The van der Waals surface area contributed by atoms with Gasteiger partial charge in [-0.05, 0) is 30.9 Å². The van der Waals surface area contributed by atoms with Gasteiger partial charge < -0.3 is 15.5 Å². The van der Waals surface area contributed by atoms with Crippen LogP contribution in [-0.4, -0.2) is 57.0 Å². The van der Waals surface area contributed by atoms with Gasteiger partial charge in [-0.3, -0.25) is 4.99 Å². The van der Waals surface area contributed by atoms with Crippen LogP contribution in [0.1, 0.15) is 24.8 Å². The third kappa shape index (κ3) is 4.37. The Labute approximate surface area is 143 Å². The monoisotopic (exact) mass is 351 g/mol. The number of sulfone groups is 1. The summed E-state index contributed by atoms with van der Waals surface area (Å²) in [6.45, 7) is 2.78. The Morgan fingerprint density at radius 3 is 2.75 bits per heavy atom. The summed E-state index contributed by atoms with van der Waals surface area (Å²) in [6.07, 6.45) is 5.00. The zero-order chi connectivity index (χ0) is 17.0. The summed E-state index contributed by atoms with van der Waals surface area (Å²) in [4.78, 5) is 11.0. The second-order valence-corrected chi connectivity index (χ2v) is 8.62. The standard InChI is InChI=1S/C16H25N5O2S/c1-17-16(20-14-6-9-24(22,23)12-14)19-11-13-4-5-15(18-10-13)21-7-2-3-8-21/h4-5,10,14H,2-3,6-9,11-12H2,1H3,(H2,17,19,20). The highest BCUT2D eigenvalue weighted by Gasteiger charge is 2.28. The normalized spacial score (nSPS) is 23.5. The molecule has 1 atom stereocenters. The summed E-state index contributed by atoms with van der Waals surface area (Å²) in [5.74, 6) is 2.10. The van der Waals surface area contributed by atoms with E-state index in [1.165, 1.54) is 12.8 Å². The van der Waals surface area contributed by atoms with Gasteiger partial charge in [0.15, 0.2) is 15.8 Å². The summed E-state index contributed by atoms with van der Waals surface area (Å²) in [7, 11) is -1.20. The predicted molar refractivity (Wildman–Crippen MR) is 96.1 cm³/mol. The van der Waals surface area contributed by atoms with Crippen LogP contribution in [0.25, 0.3) is 0 Å². The Kier molecular flexibility index (Phi) is 5.23. The molecule has 8 heteroatoms. The maximum Gasteiger partial charge on any atom is 0.191 e. The maximum atomic E-state index is 11.5. The van der Waals surface area contributed by atoms with Crippen molar-refractivity contribution in [3.05, 3.63) is 23.9 Å². The fraction of sp³-hybridized carbons (Fsp3) is 0.625. The number of aliphatic imine (C=N–C) groups is 1. The molecule has 2 aliphatic rings. The summed E-state index contributed by atoms with van der Waals surface area (Å²) in [6, 6.07) is 4.07. The molecule has 24 heavy (non-hydrogen) atoms. The van der Waals surface area contributed by atoms with Crippen LogP contribution >= 0.6 is 0 Å². The number of anilines is 1. The minimum atomic E-state index is -2.89. The van der Waals surface area contributed by atoms with Gasteiger partial charge in [-0.2, -0.15) is 0 Å². The van der Waals surface area contributed by atoms with Gasteiger partial charge in [0.2, 0.25) is 0 Å². The summed E-state index contributed by atoms with van der Waals surface area (Å²) in [5.41, 5.74) is 1.07. The quantitative estimate of drug-likeness (QED) is 0.608. The van der Waals surface area contributed by atoms with Gasteiger partial charge in [0.1, 0.15) is 5.82 Å². The topological polar surface area (TPSA) is 86.7 Å². The van der Waals surface area contributed by atoms with Crippen LogP contribution in [0.4, 0.5) is 5.82 Å². The van der Waals surface area contributed by atoms with Crippen molar-refractivity contribution in [1.29, 1.82) is 0 Å². The van der Waals surface area contributed by atoms with Gasteiger partial charge >= 0.3 is 0 Å². The predicted octanol–water partition coefficient (Wildman–Crippen LogP) is 0.534. The molecule has 1 unspecified atom stereocenters. The van der Waals surface area contributed by atoms with Crippen LogP contribution in [0.2, 0.25) is 0 Å². The number of hydrogen-bond acceptors (Lipinski definition) is 5. The molecule has 1 aromatic heterocycles. The zero-order valence-electron chi connectivity index (χ0n) is 14.0. The smallest absolute Gasteiger partial charge is 0.191 e. The molecule has 2 N–H and O–H groups in total. The van der Waals surface area contributed by atoms with E-state index >= 15 is 0 Å². The van der Waals surface area contributed by atoms with Crippen molar-refractivity contribution in [2.45, 2.75) is 31.8 Å². The molecule has 0 amide bonds. The Hall–Kier alpha value is -1.83. The number of nitrogens with one attached hydrogen (secondary N) is 2. The average Bonchev–Trinajstić information content (AvgIpc) is 3.21. The molecule has 2 saturated heterocycles. The molecule has 0 aliphatic carbocycles. The molecule has 3 rings (SSSR count). The molecule has 0 radical (unpaired) electrons. The summed E-state index contributed by atoms with van der Waals surface area (Å²) in [5, 5.41) is 6.40. The van der Waals surface area contributed by atoms with Crippen LogP contribution in [-0.2, 0) is 16.4 Å². The SMILES string of the molecule is CN=C(NCc1ccc(N2CCCC2)nc1)NC1CCS(=O)(=O)C1. The van der Waals surface area contributed by atoms with Crippen molar-refractivity contribution in [1.82, 2.24) is 15.6 Å². The lowest BCUT2D eigenvalue weighted by atomic mass is 10.2. The fourth-order valence-electron chi connectivity index (χ4n) is 3.14. The van der Waals surface area contributed by atoms with Crippen molar-refractivity contribution in [2.24, 2.45) is 4.99 Å². The van der Waals surface area contributed by atoms with Crippen LogP contribution in [0.15, 0.2) is 23.3 Å². The molecule has 1 aromatic rings. The van der Waals surface area contributed by atoms with Crippen molar-refractivity contribution < 1.29 is 8.42 Å². The van der Waals surface area contributed by atoms with E-state index in [0.29, 0.717) is 18.9 Å². The molecule has 0 spiro atoms. The highest BCUT2D eigenvalue weighted by Crippen LogP contribution is 2.17. The van der Waals surface area contributed by atoms with Crippen LogP contribution in [0, 0.1) is 0 Å². The van der Waals surface area contributed by atoms with E-state index in [1.807, 2.05) is 6.20 Å². The van der Waals surface area contributed by atoms with Crippen LogP contribution in [0.5, 0.6) is 0 Å². The molecular weight excluding hydrogens is 326 g/mol. The number of guanidine groups is 1.